The zero-order chi connectivity index (χ0) is 19.3. The summed E-state index contributed by atoms with van der Waals surface area (Å²) in [6.45, 7) is 3.85. The third kappa shape index (κ3) is 2.70. The molecule has 6 nitrogen and oxygen atoms in total. The quantitative estimate of drug-likeness (QED) is 0.711. The van der Waals surface area contributed by atoms with Crippen molar-refractivity contribution in [1.29, 1.82) is 0 Å². The molecule has 1 aliphatic heterocycles. The monoisotopic (exact) mass is 366 g/mol. The highest BCUT2D eigenvalue weighted by atomic mass is 16.5. The van der Waals surface area contributed by atoms with Gasteiger partial charge in [-0.15, -0.1) is 0 Å². The Balaban J connectivity index is 2.03. The van der Waals surface area contributed by atoms with Gasteiger partial charge in [-0.1, -0.05) is 0 Å². The molecule has 0 spiro atoms. The lowest BCUT2D eigenvalue weighted by Crippen LogP contribution is -2.27. The van der Waals surface area contributed by atoms with Crippen LogP contribution in [0.25, 0.3) is 28.2 Å². The lowest BCUT2D eigenvalue weighted by molar-refractivity contribution is 0.158. The molecule has 2 aromatic carbocycles. The minimum Gasteiger partial charge on any atom is -0.508 e. The van der Waals surface area contributed by atoms with E-state index in [4.69, 9.17) is 13.9 Å². The van der Waals surface area contributed by atoms with Crippen LogP contribution >= 0.6 is 0 Å². The molecular formula is C21H18O6. The van der Waals surface area contributed by atoms with Gasteiger partial charge in [0.1, 0.15) is 45.8 Å². The topological polar surface area (TPSA) is 89.1 Å². The standard InChI is InChI=1S/C21H18O6/c1-21(2)7-6-13-16(27-21)9-17-18(20(13)25-3)19(24)14(10-26-17)12-5-4-11(22)8-15(12)23/h4-10,22-23H,1-3H3. The number of hydrogen-bond donors (Lipinski definition) is 2. The van der Waals surface area contributed by atoms with Crippen LogP contribution in [0.4, 0.5) is 0 Å². The molecule has 0 amide bonds. The van der Waals surface area contributed by atoms with Gasteiger partial charge in [0, 0.05) is 17.7 Å². The van der Waals surface area contributed by atoms with E-state index in [0.717, 1.165) is 0 Å². The summed E-state index contributed by atoms with van der Waals surface area (Å²) in [6.07, 6.45) is 5.04. The largest absolute Gasteiger partial charge is 0.508 e. The summed E-state index contributed by atoms with van der Waals surface area (Å²) in [4.78, 5) is 13.2. The maximum Gasteiger partial charge on any atom is 0.204 e. The Kier molecular flexibility index (Phi) is 3.66. The maximum absolute atomic E-state index is 13.2. The summed E-state index contributed by atoms with van der Waals surface area (Å²) >= 11 is 0. The first-order chi connectivity index (χ1) is 12.8. The molecule has 2 N–H and O–H groups in total. The first-order valence-corrected chi connectivity index (χ1v) is 8.38. The zero-order valence-corrected chi connectivity index (χ0v) is 15.1. The van der Waals surface area contributed by atoms with Crippen molar-refractivity contribution in [2.75, 3.05) is 7.11 Å². The molecule has 0 saturated heterocycles. The number of fused-ring (bicyclic) bond motifs is 2. The summed E-state index contributed by atoms with van der Waals surface area (Å²) in [7, 11) is 1.48. The van der Waals surface area contributed by atoms with Crippen LogP contribution in [0.1, 0.15) is 19.4 Å². The van der Waals surface area contributed by atoms with Crippen molar-refractivity contribution in [2.24, 2.45) is 0 Å². The average molecular weight is 366 g/mol. The van der Waals surface area contributed by atoms with E-state index in [0.29, 0.717) is 22.6 Å². The molecule has 3 aromatic rings. The molecule has 0 unspecified atom stereocenters. The van der Waals surface area contributed by atoms with Crippen molar-refractivity contribution in [1.82, 2.24) is 0 Å². The van der Waals surface area contributed by atoms with Crippen LogP contribution in [0.2, 0.25) is 0 Å². The van der Waals surface area contributed by atoms with Crippen LogP contribution in [0, 0.1) is 0 Å². The third-order valence-corrected chi connectivity index (χ3v) is 4.52. The molecule has 0 saturated carbocycles. The highest BCUT2D eigenvalue weighted by Crippen LogP contribution is 2.42. The van der Waals surface area contributed by atoms with Gasteiger partial charge in [0.05, 0.1) is 18.2 Å². The van der Waals surface area contributed by atoms with Crippen LogP contribution in [0.15, 0.2) is 45.8 Å². The fraction of sp³-hybridized carbons (Fsp3) is 0.190. The highest BCUT2D eigenvalue weighted by Gasteiger charge is 2.27. The predicted molar refractivity (Wildman–Crippen MR) is 102 cm³/mol. The Bertz CT molecular complexity index is 1150. The van der Waals surface area contributed by atoms with E-state index in [2.05, 4.69) is 0 Å². The van der Waals surface area contributed by atoms with Gasteiger partial charge in [-0.25, -0.2) is 0 Å². The molecule has 1 aromatic heterocycles. The molecule has 0 fully saturated rings. The first-order valence-electron chi connectivity index (χ1n) is 8.38. The van der Waals surface area contributed by atoms with Crippen molar-refractivity contribution in [3.8, 4) is 34.1 Å². The van der Waals surface area contributed by atoms with Crippen LogP contribution in [-0.2, 0) is 0 Å². The number of phenolic OH excluding ortho intramolecular Hbond substituents is 2. The maximum atomic E-state index is 13.2. The number of methoxy groups -OCH3 is 1. The van der Waals surface area contributed by atoms with Gasteiger partial charge in [0.25, 0.3) is 0 Å². The lowest BCUT2D eigenvalue weighted by atomic mass is 9.98. The van der Waals surface area contributed by atoms with Crippen LogP contribution in [-0.4, -0.2) is 22.9 Å². The van der Waals surface area contributed by atoms with Crippen molar-refractivity contribution in [3.05, 3.63) is 52.4 Å². The Morgan fingerprint density at radius 1 is 1.11 bits per heavy atom. The van der Waals surface area contributed by atoms with Crippen LogP contribution in [0.5, 0.6) is 23.0 Å². The van der Waals surface area contributed by atoms with E-state index < -0.39 is 5.60 Å². The Morgan fingerprint density at radius 3 is 2.59 bits per heavy atom. The Morgan fingerprint density at radius 2 is 1.89 bits per heavy atom. The van der Waals surface area contributed by atoms with E-state index in [9.17, 15) is 15.0 Å². The molecule has 27 heavy (non-hydrogen) atoms. The van der Waals surface area contributed by atoms with Gasteiger partial charge in [-0.05, 0) is 38.1 Å². The third-order valence-electron chi connectivity index (χ3n) is 4.52. The number of benzene rings is 2. The minimum atomic E-state index is -0.482. The SMILES string of the molecule is COc1c2c(cc3occ(-c4ccc(O)cc4O)c(=O)c13)OC(C)(C)C=C2. The molecule has 0 aliphatic carbocycles. The van der Waals surface area contributed by atoms with Gasteiger partial charge in [0.15, 0.2) is 0 Å². The normalized spacial score (nSPS) is 14.6. The predicted octanol–water partition coefficient (Wildman–Crippen LogP) is 4.06. The van der Waals surface area contributed by atoms with Crippen molar-refractivity contribution in [3.63, 3.8) is 0 Å². The Labute approximate surface area is 154 Å². The minimum absolute atomic E-state index is 0.0991. The van der Waals surface area contributed by atoms with Gasteiger partial charge in [-0.3, -0.25) is 4.79 Å². The van der Waals surface area contributed by atoms with Gasteiger partial charge in [-0.2, -0.15) is 0 Å². The summed E-state index contributed by atoms with van der Waals surface area (Å²) < 4.78 is 17.2. The number of rotatable bonds is 2. The summed E-state index contributed by atoms with van der Waals surface area (Å²) in [5, 5.41) is 19.9. The second-order valence-electron chi connectivity index (χ2n) is 6.91. The van der Waals surface area contributed by atoms with Crippen LogP contribution < -0.4 is 14.9 Å². The summed E-state index contributed by atoms with van der Waals surface area (Å²) in [6, 6.07) is 5.68. The fourth-order valence-corrected chi connectivity index (χ4v) is 3.24. The summed E-state index contributed by atoms with van der Waals surface area (Å²) in [5.74, 6) is 0.597. The van der Waals surface area contributed by atoms with E-state index in [1.54, 1.807) is 6.07 Å². The number of hydrogen-bond acceptors (Lipinski definition) is 6. The molecular weight excluding hydrogens is 348 g/mol. The zero-order valence-electron chi connectivity index (χ0n) is 15.1. The average Bonchev–Trinajstić information content (AvgIpc) is 2.60. The van der Waals surface area contributed by atoms with Gasteiger partial charge in [0.2, 0.25) is 5.43 Å². The van der Waals surface area contributed by atoms with E-state index >= 15 is 0 Å². The number of aromatic hydroxyl groups is 2. The van der Waals surface area contributed by atoms with Crippen LogP contribution in [0.3, 0.4) is 0 Å². The Hall–Kier alpha value is -3.41. The summed E-state index contributed by atoms with van der Waals surface area (Å²) in [5.41, 5.74) is 0.571. The smallest absolute Gasteiger partial charge is 0.204 e. The molecule has 0 atom stereocenters. The molecule has 4 rings (SSSR count). The van der Waals surface area contributed by atoms with E-state index in [-0.39, 0.29) is 33.4 Å². The molecule has 138 valence electrons. The highest BCUT2D eigenvalue weighted by molar-refractivity contribution is 5.93. The second kappa shape index (κ2) is 5.81. The second-order valence-corrected chi connectivity index (χ2v) is 6.91. The van der Waals surface area contributed by atoms with Crippen molar-refractivity contribution >= 4 is 17.0 Å². The van der Waals surface area contributed by atoms with Gasteiger partial charge < -0.3 is 24.1 Å². The lowest BCUT2D eigenvalue weighted by Gasteiger charge is -2.28. The molecule has 6 heteroatoms. The van der Waals surface area contributed by atoms with Crippen molar-refractivity contribution in [2.45, 2.75) is 19.4 Å². The molecule has 2 heterocycles. The fourth-order valence-electron chi connectivity index (χ4n) is 3.24. The van der Waals surface area contributed by atoms with Gasteiger partial charge >= 0.3 is 0 Å². The molecule has 0 radical (unpaired) electrons. The number of ether oxygens (including phenoxy) is 2. The van der Waals surface area contributed by atoms with E-state index in [1.807, 2.05) is 26.0 Å². The number of phenols is 2. The molecule has 0 bridgehead atoms. The van der Waals surface area contributed by atoms with E-state index in [1.165, 1.54) is 31.6 Å². The van der Waals surface area contributed by atoms with Crippen molar-refractivity contribution < 1.29 is 24.1 Å². The molecule has 1 aliphatic rings. The first kappa shape index (κ1) is 17.0.